The highest BCUT2D eigenvalue weighted by molar-refractivity contribution is 7.20. The van der Waals surface area contributed by atoms with Crippen LogP contribution in [0.3, 0.4) is 0 Å². The van der Waals surface area contributed by atoms with Crippen molar-refractivity contribution < 1.29 is 4.79 Å². The molecule has 0 radical (unpaired) electrons. The van der Waals surface area contributed by atoms with Gasteiger partial charge in [0, 0.05) is 31.0 Å². The van der Waals surface area contributed by atoms with Gasteiger partial charge in [-0.3, -0.25) is 4.79 Å². The van der Waals surface area contributed by atoms with Gasteiger partial charge < -0.3 is 10.2 Å². The van der Waals surface area contributed by atoms with Crippen molar-refractivity contribution >= 4 is 27.3 Å². The van der Waals surface area contributed by atoms with E-state index in [9.17, 15) is 4.79 Å². The monoisotopic (exact) mass is 397 g/mol. The first-order valence-corrected chi connectivity index (χ1v) is 10.6. The fourth-order valence-corrected chi connectivity index (χ4v) is 4.38. The van der Waals surface area contributed by atoms with Gasteiger partial charge in [-0.2, -0.15) is 0 Å². The molecule has 1 N–H and O–H groups in total. The largest absolute Gasteiger partial charge is 0.352 e. The molecule has 6 nitrogen and oxygen atoms in total. The topological polar surface area (TPSA) is 62.5 Å². The minimum Gasteiger partial charge on any atom is -0.352 e. The van der Waals surface area contributed by atoms with Crippen LogP contribution in [0.2, 0.25) is 0 Å². The van der Waals surface area contributed by atoms with Crippen LogP contribution in [0.4, 0.5) is 5.13 Å². The van der Waals surface area contributed by atoms with Gasteiger partial charge in [-0.05, 0) is 18.4 Å². The van der Waals surface area contributed by atoms with Crippen molar-refractivity contribution in [1.82, 2.24) is 19.9 Å². The van der Waals surface area contributed by atoms with Crippen molar-refractivity contribution in [2.75, 3.05) is 18.0 Å². The summed E-state index contributed by atoms with van der Waals surface area (Å²) < 4.78 is 1.89. The number of hydrogen-bond acceptors (Lipinski definition) is 5. The summed E-state index contributed by atoms with van der Waals surface area (Å²) >= 11 is 1.62. The minimum absolute atomic E-state index is 0.0268. The van der Waals surface area contributed by atoms with E-state index in [1.54, 1.807) is 11.3 Å². The van der Waals surface area contributed by atoms with Crippen molar-refractivity contribution in [3.63, 3.8) is 0 Å². The van der Waals surface area contributed by atoms with Gasteiger partial charge in [0.05, 0.1) is 11.9 Å². The van der Waals surface area contributed by atoms with E-state index < -0.39 is 0 Å². The number of nitrogens with zero attached hydrogens (tertiary/aromatic N) is 4. The maximum atomic E-state index is 12.5. The third kappa shape index (κ3) is 4.04. The van der Waals surface area contributed by atoms with Gasteiger partial charge in [0.1, 0.15) is 0 Å². The summed E-state index contributed by atoms with van der Waals surface area (Å²) in [4.78, 5) is 20.4. The number of nitrogens with one attached hydrogen (secondary N) is 1. The molecule has 1 aliphatic rings. The van der Waals surface area contributed by atoms with E-state index in [-0.39, 0.29) is 17.2 Å². The third-order valence-electron chi connectivity index (χ3n) is 5.25. The molecule has 1 saturated heterocycles. The zero-order valence-electron chi connectivity index (χ0n) is 16.7. The van der Waals surface area contributed by atoms with Crippen LogP contribution >= 0.6 is 11.3 Å². The number of amides is 1. The summed E-state index contributed by atoms with van der Waals surface area (Å²) in [6, 6.07) is 10.0. The Balaban J connectivity index is 1.33. The number of carbonyl (C=O) groups is 1. The SMILES string of the molecule is CC(C)(C)c1cn2nc(N3CCC(C(=O)NCc4ccccc4)CC3)sc2n1. The lowest BCUT2D eigenvalue weighted by molar-refractivity contribution is -0.125. The molecule has 0 spiro atoms. The number of rotatable bonds is 4. The summed E-state index contributed by atoms with van der Waals surface area (Å²) in [5.74, 6) is 0.240. The molecule has 1 fully saturated rings. The highest BCUT2D eigenvalue weighted by atomic mass is 32.1. The fourth-order valence-electron chi connectivity index (χ4n) is 3.44. The van der Waals surface area contributed by atoms with Gasteiger partial charge in [-0.15, -0.1) is 5.10 Å². The van der Waals surface area contributed by atoms with Crippen LogP contribution in [0, 0.1) is 5.92 Å². The van der Waals surface area contributed by atoms with Crippen molar-refractivity contribution in [3.05, 3.63) is 47.8 Å². The summed E-state index contributed by atoms with van der Waals surface area (Å²) in [7, 11) is 0. The van der Waals surface area contributed by atoms with Crippen LogP contribution in [-0.4, -0.2) is 33.6 Å². The molecule has 4 rings (SSSR count). The predicted octanol–water partition coefficient (Wildman–Crippen LogP) is 3.62. The van der Waals surface area contributed by atoms with E-state index >= 15 is 0 Å². The predicted molar refractivity (Wildman–Crippen MR) is 113 cm³/mol. The Hall–Kier alpha value is -2.41. The molecular formula is C21H27N5OS. The Morgan fingerprint density at radius 2 is 1.93 bits per heavy atom. The highest BCUT2D eigenvalue weighted by Gasteiger charge is 2.27. The van der Waals surface area contributed by atoms with E-state index in [0.29, 0.717) is 6.54 Å². The number of aromatic nitrogens is 3. The number of carbonyl (C=O) groups excluding carboxylic acids is 1. The molecule has 1 amide bonds. The molecule has 0 bridgehead atoms. The van der Waals surface area contributed by atoms with Crippen LogP contribution < -0.4 is 10.2 Å². The lowest BCUT2D eigenvalue weighted by atomic mass is 9.93. The van der Waals surface area contributed by atoms with E-state index in [1.165, 1.54) is 0 Å². The maximum Gasteiger partial charge on any atom is 0.223 e. The van der Waals surface area contributed by atoms with Gasteiger partial charge in [0.15, 0.2) is 0 Å². The van der Waals surface area contributed by atoms with Crippen molar-refractivity contribution in [1.29, 1.82) is 0 Å². The lowest BCUT2D eigenvalue weighted by Gasteiger charge is -2.30. The van der Waals surface area contributed by atoms with Gasteiger partial charge in [-0.1, -0.05) is 62.4 Å². The average Bonchev–Trinajstić information content (AvgIpc) is 3.26. The first-order chi connectivity index (χ1) is 13.4. The van der Waals surface area contributed by atoms with Crippen molar-refractivity contribution in [2.24, 2.45) is 5.92 Å². The van der Waals surface area contributed by atoms with E-state index in [2.05, 4.69) is 31.0 Å². The molecule has 0 saturated carbocycles. The van der Waals surface area contributed by atoms with Crippen LogP contribution in [0.5, 0.6) is 0 Å². The highest BCUT2D eigenvalue weighted by Crippen LogP contribution is 2.30. The van der Waals surface area contributed by atoms with E-state index in [4.69, 9.17) is 10.1 Å². The quantitative estimate of drug-likeness (QED) is 0.730. The van der Waals surface area contributed by atoms with E-state index in [0.717, 1.165) is 47.3 Å². The van der Waals surface area contributed by atoms with E-state index in [1.807, 2.05) is 41.0 Å². The molecule has 0 atom stereocenters. The second-order valence-electron chi connectivity index (χ2n) is 8.45. The van der Waals surface area contributed by atoms with Gasteiger partial charge in [-0.25, -0.2) is 9.50 Å². The van der Waals surface area contributed by atoms with Crippen LogP contribution in [0.15, 0.2) is 36.5 Å². The smallest absolute Gasteiger partial charge is 0.223 e. The normalized spacial score (nSPS) is 15.9. The molecule has 0 aliphatic carbocycles. The van der Waals surface area contributed by atoms with Crippen LogP contribution in [0.25, 0.3) is 4.96 Å². The molecule has 148 valence electrons. The van der Waals surface area contributed by atoms with Crippen LogP contribution in [-0.2, 0) is 16.8 Å². The number of imidazole rings is 1. The first-order valence-electron chi connectivity index (χ1n) is 9.83. The zero-order chi connectivity index (χ0) is 19.7. The zero-order valence-corrected chi connectivity index (χ0v) is 17.5. The van der Waals surface area contributed by atoms with Gasteiger partial charge >= 0.3 is 0 Å². The van der Waals surface area contributed by atoms with Gasteiger partial charge in [0.25, 0.3) is 0 Å². The molecule has 1 aliphatic heterocycles. The second-order valence-corrected chi connectivity index (χ2v) is 9.39. The van der Waals surface area contributed by atoms with Gasteiger partial charge in [0.2, 0.25) is 16.0 Å². The van der Waals surface area contributed by atoms with Crippen LogP contribution in [0.1, 0.15) is 44.9 Å². The Bertz CT molecular complexity index is 917. The maximum absolute atomic E-state index is 12.5. The molecule has 3 aromatic rings. The summed E-state index contributed by atoms with van der Waals surface area (Å²) in [6.07, 6.45) is 3.74. The first kappa shape index (κ1) is 18.9. The molecule has 0 unspecified atom stereocenters. The molecule has 7 heteroatoms. The Kier molecular flexibility index (Phi) is 5.10. The fraction of sp³-hybridized carbons (Fsp3) is 0.476. The molecular weight excluding hydrogens is 370 g/mol. The number of hydrogen-bond donors (Lipinski definition) is 1. The lowest BCUT2D eigenvalue weighted by Crippen LogP contribution is -2.40. The molecule has 28 heavy (non-hydrogen) atoms. The summed E-state index contributed by atoms with van der Waals surface area (Å²) in [5.41, 5.74) is 2.22. The number of fused-ring (bicyclic) bond motifs is 1. The Labute approximate surface area is 169 Å². The molecule has 2 aromatic heterocycles. The number of benzene rings is 1. The standard InChI is InChI=1S/C21H27N5OS/c1-21(2,3)17-14-26-19(23-17)28-20(24-26)25-11-9-16(10-12-25)18(27)22-13-15-7-5-4-6-8-15/h4-8,14,16H,9-13H2,1-3H3,(H,22,27). The molecule has 1 aromatic carbocycles. The average molecular weight is 398 g/mol. The molecule has 3 heterocycles. The Morgan fingerprint density at radius 1 is 1.21 bits per heavy atom. The van der Waals surface area contributed by atoms with Crippen molar-refractivity contribution in [2.45, 2.75) is 45.6 Å². The minimum atomic E-state index is 0.0268. The van der Waals surface area contributed by atoms with Crippen molar-refractivity contribution in [3.8, 4) is 0 Å². The third-order valence-corrected chi connectivity index (χ3v) is 6.23. The number of piperidine rings is 1. The number of anilines is 1. The second kappa shape index (κ2) is 7.54. The summed E-state index contributed by atoms with van der Waals surface area (Å²) in [6.45, 7) is 8.79. The Morgan fingerprint density at radius 3 is 2.57 bits per heavy atom. The summed E-state index contributed by atoms with van der Waals surface area (Å²) in [5, 5.41) is 8.78.